The van der Waals surface area contributed by atoms with Gasteiger partial charge in [0, 0.05) is 23.4 Å². The first kappa shape index (κ1) is 15.9. The van der Waals surface area contributed by atoms with E-state index < -0.39 is 0 Å². The molecule has 0 aliphatic heterocycles. The Morgan fingerprint density at radius 1 is 1.10 bits per heavy atom. The number of rotatable bonds is 7. The summed E-state index contributed by atoms with van der Waals surface area (Å²) in [6.07, 6.45) is 0. The molecule has 1 aromatic carbocycles. The number of benzene rings is 1. The van der Waals surface area contributed by atoms with Gasteiger partial charge in [-0.15, -0.1) is 11.3 Å². The van der Waals surface area contributed by atoms with Crippen LogP contribution < -0.4 is 10.1 Å². The SMILES string of the molecule is COCCOc1cc(C)ccc1NCc1cc(C)sc1C. The highest BCUT2D eigenvalue weighted by Crippen LogP contribution is 2.28. The lowest BCUT2D eigenvalue weighted by Gasteiger charge is -2.14. The summed E-state index contributed by atoms with van der Waals surface area (Å²) in [5, 5.41) is 3.48. The predicted molar refractivity (Wildman–Crippen MR) is 89.7 cm³/mol. The van der Waals surface area contributed by atoms with Gasteiger partial charge in [-0.3, -0.25) is 0 Å². The molecule has 0 spiro atoms. The summed E-state index contributed by atoms with van der Waals surface area (Å²) in [4.78, 5) is 2.72. The van der Waals surface area contributed by atoms with E-state index in [4.69, 9.17) is 9.47 Å². The molecule has 1 heterocycles. The van der Waals surface area contributed by atoms with E-state index in [2.05, 4.69) is 50.4 Å². The molecule has 0 radical (unpaired) electrons. The Bertz CT molecular complexity index is 592. The minimum atomic E-state index is 0.561. The van der Waals surface area contributed by atoms with Crippen LogP contribution in [0.4, 0.5) is 5.69 Å². The second-order valence-electron chi connectivity index (χ2n) is 5.13. The van der Waals surface area contributed by atoms with Crippen LogP contribution in [-0.2, 0) is 11.3 Å². The Balaban J connectivity index is 2.06. The molecule has 0 fully saturated rings. The molecule has 0 saturated carbocycles. The van der Waals surface area contributed by atoms with E-state index in [-0.39, 0.29) is 0 Å². The summed E-state index contributed by atoms with van der Waals surface area (Å²) in [6, 6.07) is 8.47. The molecule has 0 saturated heterocycles. The Morgan fingerprint density at radius 2 is 1.90 bits per heavy atom. The average Bonchev–Trinajstić information content (AvgIpc) is 2.76. The number of aryl methyl sites for hydroxylation is 3. The van der Waals surface area contributed by atoms with Gasteiger partial charge in [0.05, 0.1) is 12.3 Å². The van der Waals surface area contributed by atoms with Crippen molar-refractivity contribution in [3.63, 3.8) is 0 Å². The zero-order chi connectivity index (χ0) is 15.2. The minimum Gasteiger partial charge on any atom is -0.489 e. The maximum absolute atomic E-state index is 5.80. The lowest BCUT2D eigenvalue weighted by Crippen LogP contribution is -2.07. The highest BCUT2D eigenvalue weighted by Gasteiger charge is 2.07. The van der Waals surface area contributed by atoms with Crippen molar-refractivity contribution < 1.29 is 9.47 Å². The van der Waals surface area contributed by atoms with Crippen LogP contribution in [0.25, 0.3) is 0 Å². The van der Waals surface area contributed by atoms with Gasteiger partial charge in [0.15, 0.2) is 0 Å². The second-order valence-corrected chi connectivity index (χ2v) is 6.59. The molecule has 3 nitrogen and oxygen atoms in total. The molecule has 2 rings (SSSR count). The van der Waals surface area contributed by atoms with Crippen molar-refractivity contribution in [3.8, 4) is 5.75 Å². The number of ether oxygens (including phenoxy) is 2. The van der Waals surface area contributed by atoms with Crippen LogP contribution in [0.15, 0.2) is 24.3 Å². The van der Waals surface area contributed by atoms with Crippen molar-refractivity contribution in [1.82, 2.24) is 0 Å². The minimum absolute atomic E-state index is 0.561. The monoisotopic (exact) mass is 305 g/mol. The molecule has 21 heavy (non-hydrogen) atoms. The topological polar surface area (TPSA) is 30.5 Å². The molecule has 0 aliphatic carbocycles. The van der Waals surface area contributed by atoms with Crippen LogP contribution in [0.1, 0.15) is 20.9 Å². The van der Waals surface area contributed by atoms with Crippen molar-refractivity contribution in [2.75, 3.05) is 25.6 Å². The first-order valence-electron chi connectivity index (χ1n) is 7.12. The Labute approximate surface area is 130 Å². The molecule has 1 N–H and O–H groups in total. The highest BCUT2D eigenvalue weighted by molar-refractivity contribution is 7.12. The third-order valence-electron chi connectivity index (χ3n) is 3.30. The van der Waals surface area contributed by atoms with Gasteiger partial charge in [-0.1, -0.05) is 6.07 Å². The maximum Gasteiger partial charge on any atom is 0.142 e. The molecule has 2 aromatic rings. The van der Waals surface area contributed by atoms with Gasteiger partial charge in [-0.05, 0) is 50.1 Å². The van der Waals surface area contributed by atoms with Gasteiger partial charge in [0.1, 0.15) is 12.4 Å². The molecule has 0 bridgehead atoms. The van der Waals surface area contributed by atoms with Crippen molar-refractivity contribution in [2.45, 2.75) is 27.3 Å². The highest BCUT2D eigenvalue weighted by atomic mass is 32.1. The van der Waals surface area contributed by atoms with E-state index in [0.717, 1.165) is 18.0 Å². The summed E-state index contributed by atoms with van der Waals surface area (Å²) < 4.78 is 10.8. The second kappa shape index (κ2) is 7.48. The molecule has 0 unspecified atom stereocenters. The normalized spacial score (nSPS) is 10.7. The third-order valence-corrected chi connectivity index (χ3v) is 4.30. The zero-order valence-corrected chi connectivity index (χ0v) is 14.0. The van der Waals surface area contributed by atoms with Crippen LogP contribution in [0.2, 0.25) is 0 Å². The molecule has 0 amide bonds. The van der Waals surface area contributed by atoms with E-state index in [0.29, 0.717) is 13.2 Å². The maximum atomic E-state index is 5.80. The lowest BCUT2D eigenvalue weighted by atomic mass is 10.2. The quantitative estimate of drug-likeness (QED) is 0.773. The van der Waals surface area contributed by atoms with Crippen LogP contribution in [0, 0.1) is 20.8 Å². The number of hydrogen-bond acceptors (Lipinski definition) is 4. The average molecular weight is 305 g/mol. The van der Waals surface area contributed by atoms with E-state index in [1.165, 1.54) is 20.9 Å². The number of nitrogens with one attached hydrogen (secondary N) is 1. The molecular weight excluding hydrogens is 282 g/mol. The van der Waals surface area contributed by atoms with Gasteiger partial charge >= 0.3 is 0 Å². The largest absolute Gasteiger partial charge is 0.489 e. The number of hydrogen-bond donors (Lipinski definition) is 1. The van der Waals surface area contributed by atoms with Crippen molar-refractivity contribution in [3.05, 3.63) is 45.1 Å². The van der Waals surface area contributed by atoms with Gasteiger partial charge in [-0.2, -0.15) is 0 Å². The fourth-order valence-electron chi connectivity index (χ4n) is 2.18. The fraction of sp³-hybridized carbons (Fsp3) is 0.412. The lowest BCUT2D eigenvalue weighted by molar-refractivity contribution is 0.146. The summed E-state index contributed by atoms with van der Waals surface area (Å²) >= 11 is 1.84. The summed E-state index contributed by atoms with van der Waals surface area (Å²) in [5.41, 5.74) is 3.57. The summed E-state index contributed by atoms with van der Waals surface area (Å²) in [7, 11) is 1.68. The standard InChI is InChI=1S/C17H23NO2S/c1-12-5-6-16(17(9-12)20-8-7-19-4)18-11-15-10-13(2)21-14(15)3/h5-6,9-10,18H,7-8,11H2,1-4H3. The van der Waals surface area contributed by atoms with E-state index in [1.807, 2.05) is 11.3 Å². The number of anilines is 1. The molecule has 114 valence electrons. The molecular formula is C17H23NO2S. The zero-order valence-electron chi connectivity index (χ0n) is 13.2. The molecule has 4 heteroatoms. The number of thiophene rings is 1. The fourth-order valence-corrected chi connectivity index (χ4v) is 3.13. The first-order chi connectivity index (χ1) is 10.1. The van der Waals surface area contributed by atoms with Crippen LogP contribution in [0.5, 0.6) is 5.75 Å². The molecule has 0 aliphatic rings. The van der Waals surface area contributed by atoms with Crippen LogP contribution >= 0.6 is 11.3 Å². The van der Waals surface area contributed by atoms with Gasteiger partial charge in [0.25, 0.3) is 0 Å². The van der Waals surface area contributed by atoms with E-state index in [1.54, 1.807) is 7.11 Å². The predicted octanol–water partition coefficient (Wildman–Crippen LogP) is 4.31. The van der Waals surface area contributed by atoms with Crippen LogP contribution in [0.3, 0.4) is 0 Å². The smallest absolute Gasteiger partial charge is 0.142 e. The van der Waals surface area contributed by atoms with Crippen molar-refractivity contribution in [2.24, 2.45) is 0 Å². The van der Waals surface area contributed by atoms with Gasteiger partial charge in [-0.25, -0.2) is 0 Å². The molecule has 1 aromatic heterocycles. The summed E-state index contributed by atoms with van der Waals surface area (Å²) in [5.74, 6) is 0.886. The first-order valence-corrected chi connectivity index (χ1v) is 7.94. The Kier molecular flexibility index (Phi) is 5.65. The van der Waals surface area contributed by atoms with Gasteiger partial charge in [0.2, 0.25) is 0 Å². The van der Waals surface area contributed by atoms with Crippen molar-refractivity contribution >= 4 is 17.0 Å². The van der Waals surface area contributed by atoms with Gasteiger partial charge < -0.3 is 14.8 Å². The van der Waals surface area contributed by atoms with E-state index in [9.17, 15) is 0 Å². The molecule has 0 atom stereocenters. The number of methoxy groups -OCH3 is 1. The van der Waals surface area contributed by atoms with E-state index >= 15 is 0 Å². The Hall–Kier alpha value is -1.52. The van der Waals surface area contributed by atoms with Crippen molar-refractivity contribution in [1.29, 1.82) is 0 Å². The third kappa shape index (κ3) is 4.48. The Morgan fingerprint density at radius 3 is 2.57 bits per heavy atom. The summed E-state index contributed by atoms with van der Waals surface area (Å²) in [6.45, 7) is 8.35. The van der Waals surface area contributed by atoms with Crippen LogP contribution in [-0.4, -0.2) is 20.3 Å².